The van der Waals surface area contributed by atoms with Crippen molar-refractivity contribution in [3.63, 3.8) is 0 Å². The summed E-state index contributed by atoms with van der Waals surface area (Å²) in [6, 6.07) is 16.3. The van der Waals surface area contributed by atoms with E-state index in [0.717, 1.165) is 49.0 Å². The van der Waals surface area contributed by atoms with Crippen LogP contribution in [0, 0.1) is 24.2 Å². The number of carbonyl (C=O) groups excluding carboxylic acids is 1. The smallest absolute Gasteiger partial charge is 0.251 e. The Morgan fingerprint density at radius 1 is 1.18 bits per heavy atom. The van der Waals surface area contributed by atoms with Gasteiger partial charge >= 0.3 is 0 Å². The Kier molecular flexibility index (Phi) is 5.28. The van der Waals surface area contributed by atoms with Gasteiger partial charge in [0.05, 0.1) is 10.6 Å². The number of hydrogen-bond acceptors (Lipinski definition) is 3. The molecule has 1 aliphatic heterocycles. The van der Waals surface area contributed by atoms with E-state index in [1.165, 1.54) is 0 Å². The molecular weight excluding hydrogens is 370 g/mol. The van der Waals surface area contributed by atoms with Crippen LogP contribution in [0.4, 0.5) is 5.69 Å². The third-order valence-corrected chi connectivity index (χ3v) is 6.45. The summed E-state index contributed by atoms with van der Waals surface area (Å²) in [5.74, 6) is 0.601. The molecular formula is C23H24ClN3O. The Morgan fingerprint density at radius 3 is 2.68 bits per heavy atom. The molecule has 4 rings (SSSR count). The number of nitriles is 1. The number of fused-ring (bicyclic) bond motifs is 1. The van der Waals surface area contributed by atoms with Gasteiger partial charge in [0.2, 0.25) is 0 Å². The highest BCUT2D eigenvalue weighted by Gasteiger charge is 2.39. The number of hydrogen-bond donors (Lipinski definition) is 1. The molecule has 5 heteroatoms. The summed E-state index contributed by atoms with van der Waals surface area (Å²) in [5, 5.41) is 12.8. The van der Waals surface area contributed by atoms with Gasteiger partial charge in [-0.2, -0.15) is 5.26 Å². The first kappa shape index (κ1) is 18.8. The molecule has 2 fully saturated rings. The van der Waals surface area contributed by atoms with Gasteiger partial charge in [0.25, 0.3) is 5.91 Å². The molecule has 1 saturated carbocycles. The topological polar surface area (TPSA) is 56.1 Å². The lowest BCUT2D eigenvalue weighted by molar-refractivity contribution is 0.0918. The van der Waals surface area contributed by atoms with E-state index in [-0.39, 0.29) is 11.9 Å². The Morgan fingerprint density at radius 2 is 1.96 bits per heavy atom. The molecule has 0 aromatic heterocycles. The molecule has 2 aliphatic rings. The van der Waals surface area contributed by atoms with Gasteiger partial charge in [-0.25, -0.2) is 0 Å². The number of halogens is 1. The first-order valence-corrected chi connectivity index (χ1v) is 10.3. The molecule has 1 amide bonds. The lowest BCUT2D eigenvalue weighted by Crippen LogP contribution is -2.44. The Bertz CT molecular complexity index is 918. The molecule has 1 N–H and O–H groups in total. The van der Waals surface area contributed by atoms with Crippen LogP contribution in [0.1, 0.15) is 47.2 Å². The lowest BCUT2D eigenvalue weighted by atomic mass is 9.82. The fourth-order valence-corrected chi connectivity index (χ4v) is 4.86. The van der Waals surface area contributed by atoms with E-state index in [2.05, 4.69) is 16.3 Å². The molecule has 1 aliphatic carbocycles. The van der Waals surface area contributed by atoms with Crippen molar-refractivity contribution in [3.8, 4) is 6.07 Å². The minimum atomic E-state index is 0.0252. The van der Waals surface area contributed by atoms with Crippen molar-refractivity contribution < 1.29 is 4.79 Å². The van der Waals surface area contributed by atoms with E-state index in [1.54, 1.807) is 6.07 Å². The van der Waals surface area contributed by atoms with Crippen LogP contribution in [-0.4, -0.2) is 24.5 Å². The van der Waals surface area contributed by atoms with Crippen molar-refractivity contribution in [2.24, 2.45) is 5.92 Å². The Hall–Kier alpha value is -2.51. The molecule has 0 unspecified atom stereocenters. The van der Waals surface area contributed by atoms with Crippen molar-refractivity contribution in [3.05, 3.63) is 64.2 Å². The van der Waals surface area contributed by atoms with Crippen LogP contribution in [0.2, 0.25) is 5.02 Å². The maximum atomic E-state index is 12.5. The molecule has 28 heavy (non-hydrogen) atoms. The summed E-state index contributed by atoms with van der Waals surface area (Å²) in [6.45, 7) is 3.02. The third-order valence-electron chi connectivity index (χ3n) is 6.14. The molecule has 4 nitrogen and oxygen atoms in total. The van der Waals surface area contributed by atoms with Crippen LogP contribution in [0.3, 0.4) is 0 Å². The van der Waals surface area contributed by atoms with Crippen LogP contribution in [0.25, 0.3) is 0 Å². The molecule has 144 valence electrons. The zero-order chi connectivity index (χ0) is 19.7. The Balaban J connectivity index is 1.40. The maximum absolute atomic E-state index is 12.5. The van der Waals surface area contributed by atoms with Crippen LogP contribution < -0.4 is 10.2 Å². The number of aryl methyl sites for hydroxylation is 1. The van der Waals surface area contributed by atoms with Crippen LogP contribution in [0.5, 0.6) is 0 Å². The second-order valence-electron chi connectivity index (χ2n) is 7.93. The lowest BCUT2D eigenvalue weighted by Gasteiger charge is -2.37. The molecule has 0 bridgehead atoms. The standard InChI is InChI=1S/C23H24ClN3O/c1-15-2-4-16(5-3-15)23(28)26-19-7-9-22-17(12-19)10-11-27(22)20-8-6-18(14-25)21(24)13-20/h2-6,8,13,17,19,22H,7,9-12H2,1H3,(H,26,28)/t17-,19+,22+/m0/s1. The van der Waals surface area contributed by atoms with Crippen molar-refractivity contribution in [1.82, 2.24) is 5.32 Å². The van der Waals surface area contributed by atoms with Gasteiger partial charge in [0, 0.05) is 29.9 Å². The predicted octanol–water partition coefficient (Wildman–Crippen LogP) is 4.70. The number of carbonyl (C=O) groups is 1. The molecule has 0 radical (unpaired) electrons. The fourth-order valence-electron chi connectivity index (χ4n) is 4.64. The summed E-state index contributed by atoms with van der Waals surface area (Å²) in [7, 11) is 0. The number of rotatable bonds is 3. The van der Waals surface area contributed by atoms with Crippen molar-refractivity contribution in [2.45, 2.75) is 44.7 Å². The highest BCUT2D eigenvalue weighted by Crippen LogP contribution is 2.39. The van der Waals surface area contributed by atoms with E-state index in [9.17, 15) is 4.79 Å². The average Bonchev–Trinajstić information content (AvgIpc) is 3.11. The second-order valence-corrected chi connectivity index (χ2v) is 8.34. The number of nitrogens with zero attached hydrogens (tertiary/aromatic N) is 2. The van der Waals surface area contributed by atoms with E-state index in [1.807, 2.05) is 43.3 Å². The summed E-state index contributed by atoms with van der Waals surface area (Å²) in [4.78, 5) is 15.0. The number of nitrogens with one attached hydrogen (secondary N) is 1. The number of amides is 1. The molecule has 1 heterocycles. The van der Waals surface area contributed by atoms with Gasteiger partial charge in [-0.15, -0.1) is 0 Å². The van der Waals surface area contributed by atoms with Gasteiger partial charge in [0.15, 0.2) is 0 Å². The predicted molar refractivity (Wildman–Crippen MR) is 112 cm³/mol. The molecule has 3 atom stereocenters. The Labute approximate surface area is 171 Å². The van der Waals surface area contributed by atoms with Crippen molar-refractivity contribution in [2.75, 3.05) is 11.4 Å². The first-order chi connectivity index (χ1) is 13.5. The van der Waals surface area contributed by atoms with Gasteiger partial charge < -0.3 is 10.2 Å². The summed E-state index contributed by atoms with van der Waals surface area (Å²) in [6.07, 6.45) is 4.18. The SMILES string of the molecule is Cc1ccc(C(=O)N[C@@H]2CC[C@@H]3[C@@H](CCN3c3ccc(C#N)c(Cl)c3)C2)cc1. The molecule has 2 aromatic rings. The largest absolute Gasteiger partial charge is 0.368 e. The molecule has 1 saturated heterocycles. The van der Waals surface area contributed by atoms with Gasteiger partial charge in [-0.1, -0.05) is 29.3 Å². The zero-order valence-corrected chi connectivity index (χ0v) is 16.7. The monoisotopic (exact) mass is 393 g/mol. The van der Waals surface area contributed by atoms with Gasteiger partial charge in [-0.3, -0.25) is 4.79 Å². The summed E-state index contributed by atoms with van der Waals surface area (Å²) >= 11 is 6.23. The van der Waals surface area contributed by atoms with Crippen LogP contribution in [-0.2, 0) is 0 Å². The van der Waals surface area contributed by atoms with E-state index < -0.39 is 0 Å². The zero-order valence-electron chi connectivity index (χ0n) is 16.0. The normalized spacial score (nSPS) is 23.8. The number of benzene rings is 2. The van der Waals surface area contributed by atoms with Crippen molar-refractivity contribution in [1.29, 1.82) is 5.26 Å². The van der Waals surface area contributed by atoms with Gasteiger partial charge in [-0.05, 0) is 68.9 Å². The molecule has 2 aromatic carbocycles. The van der Waals surface area contributed by atoms with Crippen LogP contribution >= 0.6 is 11.6 Å². The first-order valence-electron chi connectivity index (χ1n) is 9.89. The average molecular weight is 394 g/mol. The quantitative estimate of drug-likeness (QED) is 0.822. The summed E-state index contributed by atoms with van der Waals surface area (Å²) < 4.78 is 0. The minimum absolute atomic E-state index is 0.0252. The second kappa shape index (κ2) is 7.85. The highest BCUT2D eigenvalue weighted by atomic mass is 35.5. The molecule has 0 spiro atoms. The fraction of sp³-hybridized carbons (Fsp3) is 0.391. The van der Waals surface area contributed by atoms with Gasteiger partial charge in [0.1, 0.15) is 6.07 Å². The van der Waals surface area contributed by atoms with Crippen LogP contribution in [0.15, 0.2) is 42.5 Å². The maximum Gasteiger partial charge on any atom is 0.251 e. The van der Waals surface area contributed by atoms with Crippen molar-refractivity contribution >= 4 is 23.2 Å². The summed E-state index contributed by atoms with van der Waals surface area (Å²) in [5.41, 5.74) is 3.50. The third kappa shape index (κ3) is 3.72. The minimum Gasteiger partial charge on any atom is -0.368 e. The van der Waals surface area contributed by atoms with E-state index >= 15 is 0 Å². The van der Waals surface area contributed by atoms with E-state index in [0.29, 0.717) is 22.5 Å². The van der Waals surface area contributed by atoms with E-state index in [4.69, 9.17) is 16.9 Å². The highest BCUT2D eigenvalue weighted by molar-refractivity contribution is 6.32. The number of anilines is 1.